The molecule has 1 heterocycles. The number of aryl methyl sites for hydroxylation is 1. The monoisotopic (exact) mass is 353 g/mol. The second-order valence-corrected chi connectivity index (χ2v) is 7.53. The lowest BCUT2D eigenvalue weighted by molar-refractivity contribution is 0.0350. The molecule has 0 spiro atoms. The van der Waals surface area contributed by atoms with Crippen LogP contribution in [0.15, 0.2) is 54.6 Å². The number of para-hydroxylation sites is 1. The van der Waals surface area contributed by atoms with Gasteiger partial charge in [0, 0.05) is 6.04 Å². The van der Waals surface area contributed by atoms with Gasteiger partial charge in [0.1, 0.15) is 5.75 Å². The van der Waals surface area contributed by atoms with E-state index in [1.807, 2.05) is 42.5 Å². The van der Waals surface area contributed by atoms with Crippen LogP contribution in [0.1, 0.15) is 43.4 Å². The Balaban J connectivity index is 1.42. The van der Waals surface area contributed by atoms with Gasteiger partial charge in [-0.25, -0.2) is 0 Å². The van der Waals surface area contributed by atoms with Crippen molar-refractivity contribution in [3.05, 3.63) is 65.7 Å². The Morgan fingerprint density at radius 3 is 2.35 bits per heavy atom. The first-order valence-electron chi connectivity index (χ1n) is 9.80. The van der Waals surface area contributed by atoms with E-state index >= 15 is 0 Å². The Kier molecular flexibility index (Phi) is 6.70. The highest BCUT2D eigenvalue weighted by Crippen LogP contribution is 2.27. The molecule has 1 aliphatic rings. The number of benzene rings is 2. The number of hydrogen-bond acceptors (Lipinski definition) is 3. The van der Waals surface area contributed by atoms with Crippen LogP contribution < -0.4 is 4.74 Å². The molecule has 2 atom stereocenters. The molecule has 0 aromatic heterocycles. The summed E-state index contributed by atoms with van der Waals surface area (Å²) < 4.78 is 5.84. The molecule has 3 rings (SSSR count). The SMILES string of the molecule is Cc1ccc(C(O)C(C)N2CCC(CCOc3ccccc3)CC2)cc1. The lowest BCUT2D eigenvalue weighted by Crippen LogP contribution is -2.43. The molecule has 1 saturated heterocycles. The molecule has 0 amide bonds. The van der Waals surface area contributed by atoms with Crippen molar-refractivity contribution >= 4 is 0 Å². The van der Waals surface area contributed by atoms with E-state index in [9.17, 15) is 5.11 Å². The number of aliphatic hydroxyl groups excluding tert-OH is 1. The number of aliphatic hydroxyl groups is 1. The summed E-state index contributed by atoms with van der Waals surface area (Å²) in [4.78, 5) is 2.43. The van der Waals surface area contributed by atoms with Gasteiger partial charge < -0.3 is 9.84 Å². The molecule has 140 valence electrons. The maximum absolute atomic E-state index is 10.7. The average Bonchev–Trinajstić information content (AvgIpc) is 2.69. The molecule has 0 radical (unpaired) electrons. The summed E-state index contributed by atoms with van der Waals surface area (Å²) in [6, 6.07) is 18.4. The molecule has 2 aromatic carbocycles. The summed E-state index contributed by atoms with van der Waals surface area (Å²) in [6.45, 7) is 7.12. The van der Waals surface area contributed by atoms with Crippen LogP contribution in [0.4, 0.5) is 0 Å². The van der Waals surface area contributed by atoms with Crippen molar-refractivity contribution in [3.63, 3.8) is 0 Å². The molecule has 3 nitrogen and oxygen atoms in total. The molecular weight excluding hydrogens is 322 g/mol. The van der Waals surface area contributed by atoms with Gasteiger partial charge in [-0.15, -0.1) is 0 Å². The fourth-order valence-corrected chi connectivity index (χ4v) is 3.75. The summed E-state index contributed by atoms with van der Waals surface area (Å²) in [5.74, 6) is 1.68. The van der Waals surface area contributed by atoms with Crippen molar-refractivity contribution in [2.24, 2.45) is 5.92 Å². The fraction of sp³-hybridized carbons (Fsp3) is 0.478. The van der Waals surface area contributed by atoms with Crippen molar-refractivity contribution in [3.8, 4) is 5.75 Å². The zero-order valence-electron chi connectivity index (χ0n) is 16.0. The number of rotatable bonds is 7. The molecule has 0 saturated carbocycles. The van der Waals surface area contributed by atoms with Crippen LogP contribution in [0.3, 0.4) is 0 Å². The molecular formula is C23H31NO2. The number of ether oxygens (including phenoxy) is 1. The Morgan fingerprint density at radius 2 is 1.69 bits per heavy atom. The van der Waals surface area contributed by atoms with Gasteiger partial charge >= 0.3 is 0 Å². The van der Waals surface area contributed by atoms with Gasteiger partial charge in [-0.1, -0.05) is 48.0 Å². The lowest BCUT2D eigenvalue weighted by Gasteiger charge is -2.38. The average molecular weight is 354 g/mol. The smallest absolute Gasteiger partial charge is 0.119 e. The highest BCUT2D eigenvalue weighted by Gasteiger charge is 2.27. The van der Waals surface area contributed by atoms with E-state index in [4.69, 9.17) is 4.74 Å². The number of piperidine rings is 1. The van der Waals surface area contributed by atoms with Crippen LogP contribution in [0.5, 0.6) is 5.75 Å². The van der Waals surface area contributed by atoms with Crippen LogP contribution in [-0.4, -0.2) is 35.7 Å². The van der Waals surface area contributed by atoms with Crippen molar-refractivity contribution in [2.45, 2.75) is 45.3 Å². The molecule has 2 aromatic rings. The number of hydrogen-bond donors (Lipinski definition) is 1. The zero-order chi connectivity index (χ0) is 18.4. The van der Waals surface area contributed by atoms with E-state index in [-0.39, 0.29) is 6.04 Å². The summed E-state index contributed by atoms with van der Waals surface area (Å²) in [7, 11) is 0. The van der Waals surface area contributed by atoms with E-state index in [0.717, 1.165) is 43.3 Å². The maximum Gasteiger partial charge on any atom is 0.119 e. The Hall–Kier alpha value is -1.84. The lowest BCUT2D eigenvalue weighted by atomic mass is 9.91. The topological polar surface area (TPSA) is 32.7 Å². The van der Waals surface area contributed by atoms with Crippen molar-refractivity contribution in [1.82, 2.24) is 4.90 Å². The molecule has 1 N–H and O–H groups in total. The van der Waals surface area contributed by atoms with E-state index in [0.29, 0.717) is 0 Å². The van der Waals surface area contributed by atoms with Gasteiger partial charge in [0.15, 0.2) is 0 Å². The minimum absolute atomic E-state index is 0.152. The summed E-state index contributed by atoms with van der Waals surface area (Å²) in [5.41, 5.74) is 2.24. The van der Waals surface area contributed by atoms with Crippen molar-refractivity contribution in [1.29, 1.82) is 0 Å². The molecule has 26 heavy (non-hydrogen) atoms. The third-order valence-electron chi connectivity index (χ3n) is 5.64. The zero-order valence-corrected chi connectivity index (χ0v) is 16.0. The van der Waals surface area contributed by atoms with E-state index in [1.165, 1.54) is 18.4 Å². The van der Waals surface area contributed by atoms with Gasteiger partial charge in [-0.05, 0) is 69.8 Å². The standard InChI is InChI=1S/C23H31NO2/c1-18-8-10-21(11-9-18)23(25)19(2)24-15-12-20(13-16-24)14-17-26-22-6-4-3-5-7-22/h3-11,19-20,23,25H,12-17H2,1-2H3. The van der Waals surface area contributed by atoms with Gasteiger partial charge in [0.2, 0.25) is 0 Å². The van der Waals surface area contributed by atoms with E-state index in [1.54, 1.807) is 0 Å². The maximum atomic E-state index is 10.7. The first-order chi connectivity index (χ1) is 12.6. The summed E-state index contributed by atoms with van der Waals surface area (Å²) in [5, 5.41) is 10.7. The van der Waals surface area contributed by atoms with Crippen LogP contribution >= 0.6 is 0 Å². The van der Waals surface area contributed by atoms with Gasteiger partial charge in [-0.3, -0.25) is 4.90 Å². The van der Waals surface area contributed by atoms with Crippen molar-refractivity contribution < 1.29 is 9.84 Å². The highest BCUT2D eigenvalue weighted by atomic mass is 16.5. The Bertz CT molecular complexity index is 648. The Morgan fingerprint density at radius 1 is 1.04 bits per heavy atom. The fourth-order valence-electron chi connectivity index (χ4n) is 3.75. The molecule has 1 aliphatic heterocycles. The summed E-state index contributed by atoms with van der Waals surface area (Å²) in [6.07, 6.45) is 3.05. The van der Waals surface area contributed by atoms with Gasteiger partial charge in [0.25, 0.3) is 0 Å². The van der Waals surface area contributed by atoms with Crippen LogP contribution in [0.2, 0.25) is 0 Å². The molecule has 0 aliphatic carbocycles. The highest BCUT2D eigenvalue weighted by molar-refractivity contribution is 5.24. The van der Waals surface area contributed by atoms with Gasteiger partial charge in [-0.2, -0.15) is 0 Å². The third-order valence-corrected chi connectivity index (χ3v) is 5.64. The van der Waals surface area contributed by atoms with Crippen LogP contribution in [0.25, 0.3) is 0 Å². The second-order valence-electron chi connectivity index (χ2n) is 7.53. The van der Waals surface area contributed by atoms with Crippen LogP contribution in [-0.2, 0) is 0 Å². The van der Waals surface area contributed by atoms with Crippen LogP contribution in [0, 0.1) is 12.8 Å². The van der Waals surface area contributed by atoms with E-state index in [2.05, 4.69) is 30.9 Å². The second kappa shape index (κ2) is 9.20. The first kappa shape index (κ1) is 18.9. The minimum Gasteiger partial charge on any atom is -0.494 e. The molecule has 3 heteroatoms. The predicted molar refractivity (Wildman–Crippen MR) is 106 cm³/mol. The number of likely N-dealkylation sites (tertiary alicyclic amines) is 1. The molecule has 0 bridgehead atoms. The normalized spacial score (nSPS) is 18.4. The summed E-state index contributed by atoms with van der Waals surface area (Å²) >= 11 is 0. The third kappa shape index (κ3) is 5.09. The largest absolute Gasteiger partial charge is 0.494 e. The minimum atomic E-state index is -0.423. The van der Waals surface area contributed by atoms with Crippen molar-refractivity contribution in [2.75, 3.05) is 19.7 Å². The van der Waals surface area contributed by atoms with Gasteiger partial charge in [0.05, 0.1) is 12.7 Å². The first-order valence-corrected chi connectivity index (χ1v) is 9.80. The molecule has 1 fully saturated rings. The predicted octanol–water partition coefficient (Wildman–Crippen LogP) is 4.60. The number of nitrogens with zero attached hydrogens (tertiary/aromatic N) is 1. The Labute approximate surface area is 157 Å². The quantitative estimate of drug-likeness (QED) is 0.790. The molecule has 2 unspecified atom stereocenters. The van der Waals surface area contributed by atoms with E-state index < -0.39 is 6.10 Å².